The second-order valence-corrected chi connectivity index (χ2v) is 7.35. The van der Waals surface area contributed by atoms with Crippen molar-refractivity contribution in [3.8, 4) is 0 Å². The summed E-state index contributed by atoms with van der Waals surface area (Å²) in [5, 5.41) is -0.168. The molecule has 0 aromatic carbocycles. The van der Waals surface area contributed by atoms with E-state index < -0.39 is 9.84 Å². The fraction of sp³-hybridized carbons (Fsp3) is 1.00. The maximum atomic E-state index is 11.8. The summed E-state index contributed by atoms with van der Waals surface area (Å²) in [4.78, 5) is 0. The van der Waals surface area contributed by atoms with Gasteiger partial charge in [-0.25, -0.2) is 8.42 Å². The van der Waals surface area contributed by atoms with Gasteiger partial charge in [0.2, 0.25) is 0 Å². The van der Waals surface area contributed by atoms with Gasteiger partial charge in [0.15, 0.2) is 9.84 Å². The van der Waals surface area contributed by atoms with Crippen LogP contribution in [-0.2, 0) is 14.6 Å². The van der Waals surface area contributed by atoms with Crippen LogP contribution in [0.3, 0.4) is 0 Å². The number of ether oxygens (including phenoxy) is 1. The fourth-order valence-corrected chi connectivity index (χ4v) is 5.98. The van der Waals surface area contributed by atoms with Crippen LogP contribution in [-0.4, -0.2) is 31.6 Å². The molecule has 3 rings (SSSR count). The van der Waals surface area contributed by atoms with Gasteiger partial charge < -0.3 is 4.74 Å². The van der Waals surface area contributed by atoms with Crippen LogP contribution in [0.4, 0.5) is 0 Å². The molecule has 0 aromatic heterocycles. The summed E-state index contributed by atoms with van der Waals surface area (Å²) in [7, 11) is -2.84. The van der Waals surface area contributed by atoms with Crippen molar-refractivity contribution < 1.29 is 13.2 Å². The maximum Gasteiger partial charge on any atom is 0.156 e. The summed E-state index contributed by atoms with van der Waals surface area (Å²) in [6.07, 6.45) is 1.04. The molecular weight excluding hydrogens is 200 g/mol. The van der Waals surface area contributed by atoms with Crippen molar-refractivity contribution >= 4 is 9.84 Å². The molecule has 0 aliphatic carbocycles. The minimum atomic E-state index is -2.84. The third-order valence-corrected chi connectivity index (χ3v) is 6.75. The van der Waals surface area contributed by atoms with Gasteiger partial charge >= 0.3 is 0 Å². The van der Waals surface area contributed by atoms with Gasteiger partial charge in [-0.1, -0.05) is 13.8 Å². The Bertz CT molecular complexity index is 362. The molecule has 6 atom stereocenters. The molecule has 3 saturated heterocycles. The van der Waals surface area contributed by atoms with Crippen LogP contribution in [0.5, 0.6) is 0 Å². The smallest absolute Gasteiger partial charge is 0.156 e. The van der Waals surface area contributed by atoms with Crippen LogP contribution in [0.1, 0.15) is 20.3 Å². The Morgan fingerprint density at radius 3 is 2.50 bits per heavy atom. The van der Waals surface area contributed by atoms with Gasteiger partial charge in [-0.2, -0.15) is 0 Å². The summed E-state index contributed by atoms with van der Waals surface area (Å²) in [6.45, 7) is 4.32. The van der Waals surface area contributed by atoms with Crippen molar-refractivity contribution in [2.24, 2.45) is 17.8 Å². The first-order valence-corrected chi connectivity index (χ1v) is 7.11. The van der Waals surface area contributed by atoms with Crippen molar-refractivity contribution in [1.29, 1.82) is 0 Å². The van der Waals surface area contributed by atoms with Crippen molar-refractivity contribution in [3.05, 3.63) is 0 Å². The van der Waals surface area contributed by atoms with Gasteiger partial charge in [0.05, 0.1) is 23.2 Å². The summed E-state index contributed by atoms with van der Waals surface area (Å²) < 4.78 is 29.4. The Morgan fingerprint density at radius 1 is 1.14 bits per heavy atom. The number of rotatable bonds is 0. The standard InChI is InChI=1S/C10H16O3S/c1-5-6(2)9-10-7(8(5)13-9)3-4-14(10,11)12/h5-10H,3-4H2,1-2H3. The van der Waals surface area contributed by atoms with Gasteiger partial charge in [-0.05, 0) is 18.3 Å². The second-order valence-electron chi connectivity index (χ2n) is 5.07. The molecule has 3 aliphatic rings. The minimum absolute atomic E-state index is 0.00694. The lowest BCUT2D eigenvalue weighted by atomic mass is 9.75. The second kappa shape index (κ2) is 2.53. The zero-order chi connectivity index (χ0) is 10.1. The van der Waals surface area contributed by atoms with E-state index in [0.717, 1.165) is 6.42 Å². The molecule has 4 heteroatoms. The predicted molar refractivity (Wildman–Crippen MR) is 52.7 cm³/mol. The van der Waals surface area contributed by atoms with Crippen LogP contribution in [0.2, 0.25) is 0 Å². The SMILES string of the molecule is CC1C(C)C2OC1C1CCS(=O)(=O)C12. The maximum absolute atomic E-state index is 11.8. The number of hydrogen-bond acceptors (Lipinski definition) is 3. The highest BCUT2D eigenvalue weighted by Gasteiger charge is 2.63. The lowest BCUT2D eigenvalue weighted by Crippen LogP contribution is -2.41. The molecule has 0 radical (unpaired) electrons. The van der Waals surface area contributed by atoms with Crippen LogP contribution < -0.4 is 0 Å². The van der Waals surface area contributed by atoms with Gasteiger partial charge in [0.25, 0.3) is 0 Å². The lowest BCUT2D eigenvalue weighted by Gasteiger charge is -2.29. The van der Waals surface area contributed by atoms with Crippen LogP contribution >= 0.6 is 0 Å². The van der Waals surface area contributed by atoms with E-state index in [1.54, 1.807) is 0 Å². The highest BCUT2D eigenvalue weighted by Crippen LogP contribution is 2.53. The average Bonchev–Trinajstić information content (AvgIpc) is 2.69. The van der Waals surface area contributed by atoms with Crippen LogP contribution in [0.15, 0.2) is 0 Å². The molecule has 0 saturated carbocycles. The molecular formula is C10H16O3S. The Kier molecular flexibility index (Phi) is 1.65. The van der Waals surface area contributed by atoms with Crippen molar-refractivity contribution in [2.45, 2.75) is 37.7 Å². The van der Waals surface area contributed by atoms with Gasteiger partial charge in [0.1, 0.15) is 0 Å². The van der Waals surface area contributed by atoms with Crippen molar-refractivity contribution in [1.82, 2.24) is 0 Å². The van der Waals surface area contributed by atoms with Crippen LogP contribution in [0.25, 0.3) is 0 Å². The van der Waals surface area contributed by atoms with E-state index in [4.69, 9.17) is 4.74 Å². The molecule has 0 aromatic rings. The Balaban J connectivity index is 2.03. The molecule has 0 spiro atoms. The zero-order valence-corrected chi connectivity index (χ0v) is 9.33. The monoisotopic (exact) mass is 216 g/mol. The molecule has 6 unspecified atom stereocenters. The summed E-state index contributed by atoms with van der Waals surface area (Å²) in [5.41, 5.74) is 0. The topological polar surface area (TPSA) is 43.4 Å². The summed E-state index contributed by atoms with van der Waals surface area (Å²) in [5.74, 6) is 1.64. The molecule has 0 N–H and O–H groups in total. The third kappa shape index (κ3) is 0.890. The fourth-order valence-electron chi connectivity index (χ4n) is 3.56. The number of hydrogen-bond donors (Lipinski definition) is 0. The number of sulfone groups is 1. The first kappa shape index (κ1) is 9.16. The average molecular weight is 216 g/mol. The largest absolute Gasteiger partial charge is 0.373 e. The third-order valence-electron chi connectivity index (χ3n) is 4.50. The molecule has 3 fully saturated rings. The quantitative estimate of drug-likeness (QED) is 0.603. The van der Waals surface area contributed by atoms with E-state index in [2.05, 4.69) is 13.8 Å². The summed E-state index contributed by atoms with van der Waals surface area (Å²) in [6, 6.07) is 0. The molecule has 14 heavy (non-hydrogen) atoms. The van der Waals surface area contributed by atoms with Gasteiger partial charge in [-0.3, -0.25) is 0 Å². The van der Waals surface area contributed by atoms with E-state index in [1.807, 2.05) is 0 Å². The normalized spacial score (nSPS) is 59.0. The predicted octanol–water partition coefficient (Wildman–Crippen LogP) is 0.843. The van der Waals surface area contributed by atoms with Crippen molar-refractivity contribution in [2.75, 3.05) is 5.75 Å². The van der Waals surface area contributed by atoms with Gasteiger partial charge in [-0.15, -0.1) is 0 Å². The number of fused-ring (bicyclic) bond motifs is 5. The lowest BCUT2D eigenvalue weighted by molar-refractivity contribution is 0.0759. The molecule has 3 nitrogen and oxygen atoms in total. The molecule has 80 valence electrons. The highest BCUT2D eigenvalue weighted by molar-refractivity contribution is 7.92. The first-order chi connectivity index (χ1) is 6.52. The molecule has 3 aliphatic heterocycles. The Morgan fingerprint density at radius 2 is 1.79 bits per heavy atom. The van der Waals surface area contributed by atoms with Crippen molar-refractivity contribution in [3.63, 3.8) is 0 Å². The molecule has 2 bridgehead atoms. The highest BCUT2D eigenvalue weighted by atomic mass is 32.2. The van der Waals surface area contributed by atoms with E-state index in [-0.39, 0.29) is 17.5 Å². The Hall–Kier alpha value is -0.0900. The molecule has 0 amide bonds. The van der Waals surface area contributed by atoms with E-state index in [9.17, 15) is 8.42 Å². The first-order valence-electron chi connectivity index (χ1n) is 5.39. The Labute approximate surface area is 84.7 Å². The summed E-state index contributed by atoms with van der Waals surface area (Å²) >= 11 is 0. The van der Waals surface area contributed by atoms with E-state index in [1.165, 1.54) is 0 Å². The minimum Gasteiger partial charge on any atom is -0.373 e. The van der Waals surface area contributed by atoms with E-state index >= 15 is 0 Å². The van der Waals surface area contributed by atoms with Gasteiger partial charge in [0, 0.05) is 5.92 Å². The molecule has 3 heterocycles. The van der Waals surface area contributed by atoms with Crippen LogP contribution in [0, 0.1) is 17.8 Å². The van der Waals surface area contributed by atoms with E-state index in [0.29, 0.717) is 23.5 Å². The zero-order valence-electron chi connectivity index (χ0n) is 8.51.